The molecule has 4 aliphatic rings. The zero-order valence-electron chi connectivity index (χ0n) is 20.7. The van der Waals surface area contributed by atoms with Crippen molar-refractivity contribution in [1.82, 2.24) is 10.3 Å². The SMILES string of the molecule is CC1C/C=C/[C@H]2[C@@H]3O[C@]3(C)[C@@H](C)[C@H]3[C@H](Cc4cc5ccccc5[nH]4)NC(=O)[C@@]32C(=O)CCC(=O)C1. The number of fused-ring (bicyclic) bond motifs is 3. The van der Waals surface area contributed by atoms with Crippen LogP contribution < -0.4 is 5.32 Å². The maximum Gasteiger partial charge on any atom is 0.235 e. The number of benzene rings is 1. The Morgan fingerprint density at radius 3 is 2.71 bits per heavy atom. The quantitative estimate of drug-likeness (QED) is 0.389. The molecule has 2 N–H and O–H groups in total. The highest BCUT2D eigenvalue weighted by molar-refractivity contribution is 6.10. The third-order valence-electron chi connectivity index (χ3n) is 9.41. The van der Waals surface area contributed by atoms with Crippen LogP contribution in [0.5, 0.6) is 0 Å². The Morgan fingerprint density at radius 1 is 1.11 bits per heavy atom. The van der Waals surface area contributed by atoms with Gasteiger partial charge in [-0.05, 0) is 42.7 Å². The van der Waals surface area contributed by atoms with Crippen LogP contribution >= 0.6 is 0 Å². The number of hydrogen-bond acceptors (Lipinski definition) is 4. The number of Topliss-reactive ketones (excluding diaryl/α,β-unsaturated/α-hetero) is 2. The fourth-order valence-electron chi connectivity index (χ4n) is 7.49. The summed E-state index contributed by atoms with van der Waals surface area (Å²) in [6.45, 7) is 6.33. The van der Waals surface area contributed by atoms with Crippen LogP contribution in [0.15, 0.2) is 42.5 Å². The van der Waals surface area contributed by atoms with Crippen LogP contribution in [0.2, 0.25) is 0 Å². The van der Waals surface area contributed by atoms with Gasteiger partial charge in [0.15, 0.2) is 0 Å². The first kappa shape index (κ1) is 22.7. The van der Waals surface area contributed by atoms with E-state index >= 15 is 0 Å². The molecular formula is C29H34N2O4. The van der Waals surface area contributed by atoms with E-state index in [2.05, 4.69) is 55.4 Å². The van der Waals surface area contributed by atoms with Crippen molar-refractivity contribution in [3.63, 3.8) is 0 Å². The Bertz CT molecular complexity index is 1210. The van der Waals surface area contributed by atoms with E-state index in [1.807, 2.05) is 18.2 Å². The molecule has 184 valence electrons. The van der Waals surface area contributed by atoms with Crippen LogP contribution in [0.1, 0.15) is 52.1 Å². The van der Waals surface area contributed by atoms with Gasteiger partial charge in [0.25, 0.3) is 0 Å². The van der Waals surface area contributed by atoms with E-state index in [1.54, 1.807) is 0 Å². The number of ketones is 2. The lowest BCUT2D eigenvalue weighted by Crippen LogP contribution is -2.58. The molecule has 1 aromatic heterocycles. The van der Waals surface area contributed by atoms with E-state index in [1.165, 1.54) is 0 Å². The summed E-state index contributed by atoms with van der Waals surface area (Å²) >= 11 is 0. The molecule has 3 fully saturated rings. The highest BCUT2D eigenvalue weighted by Gasteiger charge is 2.78. The molecule has 3 heterocycles. The minimum Gasteiger partial charge on any atom is -0.365 e. The van der Waals surface area contributed by atoms with Crippen LogP contribution in [-0.4, -0.2) is 40.2 Å². The zero-order valence-corrected chi connectivity index (χ0v) is 20.7. The van der Waals surface area contributed by atoms with Crippen LogP contribution in [0, 0.1) is 29.1 Å². The van der Waals surface area contributed by atoms with E-state index in [0.29, 0.717) is 12.8 Å². The van der Waals surface area contributed by atoms with Gasteiger partial charge in [0.1, 0.15) is 17.0 Å². The molecule has 6 rings (SSSR count). The summed E-state index contributed by atoms with van der Waals surface area (Å²) in [4.78, 5) is 44.1. The molecule has 2 aliphatic heterocycles. The number of hydrogen-bond donors (Lipinski definition) is 2. The first-order valence-corrected chi connectivity index (χ1v) is 13.0. The van der Waals surface area contributed by atoms with E-state index < -0.39 is 5.41 Å². The number of amides is 1. The van der Waals surface area contributed by atoms with Crippen molar-refractivity contribution in [2.45, 2.75) is 70.6 Å². The summed E-state index contributed by atoms with van der Waals surface area (Å²) in [7, 11) is 0. The van der Waals surface area contributed by atoms with E-state index in [9.17, 15) is 14.4 Å². The molecule has 8 atom stereocenters. The summed E-state index contributed by atoms with van der Waals surface area (Å²) in [5.41, 5.74) is 0.567. The first-order chi connectivity index (χ1) is 16.7. The second kappa shape index (κ2) is 7.89. The van der Waals surface area contributed by atoms with Crippen molar-refractivity contribution >= 4 is 28.4 Å². The van der Waals surface area contributed by atoms with Gasteiger partial charge in [0, 0.05) is 54.8 Å². The Hall–Kier alpha value is -2.73. The predicted octanol–water partition coefficient (Wildman–Crippen LogP) is 4.14. The highest BCUT2D eigenvalue weighted by Crippen LogP contribution is 2.66. The molecule has 1 unspecified atom stereocenters. The van der Waals surface area contributed by atoms with Crippen molar-refractivity contribution in [2.75, 3.05) is 0 Å². The number of aromatic nitrogens is 1. The number of rotatable bonds is 2. The fourth-order valence-corrected chi connectivity index (χ4v) is 7.49. The Kier molecular flexibility index (Phi) is 5.12. The summed E-state index contributed by atoms with van der Waals surface area (Å²) in [5.74, 6) is -0.451. The molecule has 35 heavy (non-hydrogen) atoms. The van der Waals surface area contributed by atoms with Crippen LogP contribution in [-0.2, 0) is 25.5 Å². The molecule has 1 spiro atoms. The molecule has 0 bridgehead atoms. The van der Waals surface area contributed by atoms with Crippen LogP contribution in [0.3, 0.4) is 0 Å². The van der Waals surface area contributed by atoms with Gasteiger partial charge >= 0.3 is 0 Å². The Labute approximate surface area is 205 Å². The average Bonchev–Trinajstić information content (AvgIpc) is 3.22. The predicted molar refractivity (Wildman–Crippen MR) is 133 cm³/mol. The molecule has 1 amide bonds. The normalized spacial score (nSPS) is 42.0. The number of aromatic amines is 1. The molecular weight excluding hydrogens is 440 g/mol. The van der Waals surface area contributed by atoms with Crippen molar-refractivity contribution in [3.8, 4) is 0 Å². The van der Waals surface area contributed by atoms with Crippen LogP contribution in [0.4, 0.5) is 0 Å². The lowest BCUT2D eigenvalue weighted by molar-refractivity contribution is -0.149. The second-order valence-corrected chi connectivity index (χ2v) is 11.5. The third-order valence-corrected chi connectivity index (χ3v) is 9.41. The van der Waals surface area contributed by atoms with Gasteiger partial charge in [-0.2, -0.15) is 0 Å². The highest BCUT2D eigenvalue weighted by atomic mass is 16.6. The molecule has 6 heteroatoms. The molecule has 1 aromatic carbocycles. The van der Waals surface area contributed by atoms with Crippen molar-refractivity contribution in [2.24, 2.45) is 29.1 Å². The maximum atomic E-state index is 14.1. The number of carbonyl (C=O) groups is 3. The number of allylic oxidation sites excluding steroid dienone is 1. The molecule has 2 saturated heterocycles. The minimum absolute atomic E-state index is 0.0224. The summed E-state index contributed by atoms with van der Waals surface area (Å²) in [6, 6.07) is 10.1. The summed E-state index contributed by atoms with van der Waals surface area (Å²) in [6.07, 6.45) is 6.19. The zero-order chi connectivity index (χ0) is 24.5. The molecule has 1 saturated carbocycles. The van der Waals surface area contributed by atoms with Gasteiger partial charge < -0.3 is 15.0 Å². The first-order valence-electron chi connectivity index (χ1n) is 13.0. The number of para-hydroxylation sites is 1. The van der Waals surface area contributed by atoms with Gasteiger partial charge in [-0.25, -0.2) is 0 Å². The third kappa shape index (κ3) is 3.29. The molecule has 2 aliphatic carbocycles. The largest absolute Gasteiger partial charge is 0.365 e. The number of nitrogens with one attached hydrogen (secondary N) is 2. The standard InChI is InChI=1S/C29H34N2O4/c1-16-7-6-9-21-26-28(3,35-26)17(2)25-23(15-19-14-18-8-4-5-10-22(18)30-19)31-27(34)29(21,25)24(33)12-11-20(32)13-16/h4-6,8-10,14,16-17,21,23,25-26,30H,7,11-13,15H2,1-3H3,(H,31,34)/b9-6+/t16?,17-,21-,23-,25-,26-,28+,29-/m0/s1. The average molecular weight is 475 g/mol. The van der Waals surface area contributed by atoms with Crippen molar-refractivity contribution in [1.29, 1.82) is 0 Å². The minimum atomic E-state index is -1.19. The van der Waals surface area contributed by atoms with Crippen molar-refractivity contribution < 1.29 is 19.1 Å². The molecule has 0 radical (unpaired) electrons. The molecule has 2 aromatic rings. The van der Waals surface area contributed by atoms with Crippen LogP contribution in [0.25, 0.3) is 10.9 Å². The Morgan fingerprint density at radius 2 is 1.91 bits per heavy atom. The van der Waals surface area contributed by atoms with E-state index in [0.717, 1.165) is 23.0 Å². The summed E-state index contributed by atoms with van der Waals surface area (Å²) < 4.78 is 6.31. The maximum absolute atomic E-state index is 14.1. The summed E-state index contributed by atoms with van der Waals surface area (Å²) in [5, 5.41) is 4.40. The number of H-pyrrole nitrogens is 1. The second-order valence-electron chi connectivity index (χ2n) is 11.5. The fraction of sp³-hybridized carbons (Fsp3) is 0.552. The van der Waals surface area contributed by atoms with E-state index in [4.69, 9.17) is 4.74 Å². The number of ether oxygens (including phenoxy) is 1. The number of carbonyl (C=O) groups excluding carboxylic acids is 3. The smallest absolute Gasteiger partial charge is 0.235 e. The monoisotopic (exact) mass is 474 g/mol. The van der Waals surface area contributed by atoms with Gasteiger partial charge in [0.2, 0.25) is 5.91 Å². The Balaban J connectivity index is 1.43. The number of epoxide rings is 1. The van der Waals surface area contributed by atoms with Gasteiger partial charge in [-0.3, -0.25) is 14.4 Å². The van der Waals surface area contributed by atoms with Crippen molar-refractivity contribution in [3.05, 3.63) is 48.2 Å². The lowest BCUT2D eigenvalue weighted by Gasteiger charge is -2.46. The lowest BCUT2D eigenvalue weighted by atomic mass is 9.51. The van der Waals surface area contributed by atoms with Gasteiger partial charge in [0.05, 0.1) is 11.7 Å². The van der Waals surface area contributed by atoms with Gasteiger partial charge in [-0.15, -0.1) is 0 Å². The topological polar surface area (TPSA) is 91.6 Å². The van der Waals surface area contributed by atoms with Gasteiger partial charge in [-0.1, -0.05) is 44.2 Å². The molecule has 6 nitrogen and oxygen atoms in total. The van der Waals surface area contributed by atoms with E-state index in [-0.39, 0.29) is 71.7 Å².